The number of hydrogen-bond acceptors (Lipinski definition) is 4. The summed E-state index contributed by atoms with van der Waals surface area (Å²) in [6.07, 6.45) is 3.82. The van der Waals surface area contributed by atoms with Crippen molar-refractivity contribution in [1.82, 2.24) is 5.32 Å². The van der Waals surface area contributed by atoms with E-state index < -0.39 is 0 Å². The number of ketones is 1. The van der Waals surface area contributed by atoms with Crippen LogP contribution in [0.2, 0.25) is 0 Å². The van der Waals surface area contributed by atoms with E-state index in [9.17, 15) is 4.79 Å². The molecule has 1 saturated heterocycles. The maximum Gasteiger partial charge on any atom is 0.138 e. The second-order valence-electron chi connectivity index (χ2n) is 4.72. The molecule has 0 aromatic carbocycles. The van der Waals surface area contributed by atoms with Gasteiger partial charge in [-0.25, -0.2) is 0 Å². The van der Waals surface area contributed by atoms with Crippen molar-refractivity contribution >= 4 is 5.78 Å². The van der Waals surface area contributed by atoms with Crippen LogP contribution in [0.1, 0.15) is 32.6 Å². The van der Waals surface area contributed by atoms with Gasteiger partial charge in [0.15, 0.2) is 0 Å². The maximum absolute atomic E-state index is 11.7. The van der Waals surface area contributed by atoms with E-state index in [1.165, 1.54) is 0 Å². The Morgan fingerprint density at radius 3 is 2.71 bits per heavy atom. The molecular weight excluding hydrogens is 218 g/mol. The van der Waals surface area contributed by atoms with Crippen LogP contribution < -0.4 is 5.32 Å². The van der Waals surface area contributed by atoms with Gasteiger partial charge in [-0.05, 0) is 32.4 Å². The van der Waals surface area contributed by atoms with Crippen molar-refractivity contribution in [3.8, 4) is 0 Å². The Bertz CT molecular complexity index is 215. The molecule has 0 bridgehead atoms. The Morgan fingerprint density at radius 2 is 2.06 bits per heavy atom. The van der Waals surface area contributed by atoms with Gasteiger partial charge in [0, 0.05) is 26.1 Å². The highest BCUT2D eigenvalue weighted by Crippen LogP contribution is 2.10. The van der Waals surface area contributed by atoms with E-state index in [1.807, 2.05) is 6.92 Å². The lowest BCUT2D eigenvalue weighted by atomic mass is 10.0. The first-order valence-electron chi connectivity index (χ1n) is 6.58. The smallest absolute Gasteiger partial charge is 0.138 e. The summed E-state index contributed by atoms with van der Waals surface area (Å²) in [4.78, 5) is 11.7. The summed E-state index contributed by atoms with van der Waals surface area (Å²) in [5, 5.41) is 3.29. The van der Waals surface area contributed by atoms with Crippen LogP contribution in [0.15, 0.2) is 0 Å². The van der Waals surface area contributed by atoms with Gasteiger partial charge < -0.3 is 14.8 Å². The van der Waals surface area contributed by atoms with Gasteiger partial charge in [0.25, 0.3) is 0 Å². The zero-order chi connectivity index (χ0) is 12.5. The summed E-state index contributed by atoms with van der Waals surface area (Å²) in [7, 11) is 1.66. The molecule has 4 nitrogen and oxygen atoms in total. The molecule has 1 N–H and O–H groups in total. The number of carbonyl (C=O) groups excluding carboxylic acids is 1. The van der Waals surface area contributed by atoms with Gasteiger partial charge in [-0.15, -0.1) is 0 Å². The molecule has 1 aliphatic rings. The molecule has 0 amide bonds. The van der Waals surface area contributed by atoms with E-state index in [4.69, 9.17) is 9.47 Å². The molecule has 1 aliphatic heterocycles. The Hall–Kier alpha value is -0.450. The van der Waals surface area contributed by atoms with Crippen molar-refractivity contribution in [2.75, 3.05) is 33.4 Å². The first kappa shape index (κ1) is 14.6. The minimum absolute atomic E-state index is 0.0894. The quantitative estimate of drug-likeness (QED) is 0.700. The molecule has 4 heteroatoms. The number of carbonyl (C=O) groups is 1. The fraction of sp³-hybridized carbons (Fsp3) is 0.923. The van der Waals surface area contributed by atoms with E-state index >= 15 is 0 Å². The van der Waals surface area contributed by atoms with Crippen molar-refractivity contribution in [2.45, 2.75) is 38.7 Å². The van der Waals surface area contributed by atoms with Crippen LogP contribution >= 0.6 is 0 Å². The average Bonchev–Trinajstić information content (AvgIpc) is 2.37. The highest BCUT2D eigenvalue weighted by Gasteiger charge is 2.16. The summed E-state index contributed by atoms with van der Waals surface area (Å²) >= 11 is 0. The molecular formula is C13H25NO3. The SMILES string of the molecule is COCCC(C)C(=O)CCOC1CCNCC1. The average molecular weight is 243 g/mol. The Balaban J connectivity index is 2.06. The van der Waals surface area contributed by atoms with Crippen LogP contribution in [-0.2, 0) is 14.3 Å². The largest absolute Gasteiger partial charge is 0.385 e. The van der Waals surface area contributed by atoms with Gasteiger partial charge >= 0.3 is 0 Å². The van der Waals surface area contributed by atoms with Crippen LogP contribution in [0.25, 0.3) is 0 Å². The number of methoxy groups -OCH3 is 1. The van der Waals surface area contributed by atoms with Gasteiger partial charge in [0.2, 0.25) is 0 Å². The number of Topliss-reactive ketones (excluding diaryl/α,β-unsaturated/α-hetero) is 1. The lowest BCUT2D eigenvalue weighted by molar-refractivity contribution is -0.124. The Kier molecular flexibility index (Phi) is 7.40. The van der Waals surface area contributed by atoms with Crippen LogP contribution in [0.3, 0.4) is 0 Å². The Morgan fingerprint density at radius 1 is 1.35 bits per heavy atom. The molecule has 1 heterocycles. The van der Waals surface area contributed by atoms with Gasteiger partial charge in [-0.3, -0.25) is 4.79 Å². The lowest BCUT2D eigenvalue weighted by Gasteiger charge is -2.23. The third-order valence-electron chi connectivity index (χ3n) is 3.29. The molecule has 0 spiro atoms. The van der Waals surface area contributed by atoms with Gasteiger partial charge in [0.1, 0.15) is 5.78 Å². The first-order valence-corrected chi connectivity index (χ1v) is 6.58. The van der Waals surface area contributed by atoms with Crippen molar-refractivity contribution < 1.29 is 14.3 Å². The molecule has 17 heavy (non-hydrogen) atoms. The lowest BCUT2D eigenvalue weighted by Crippen LogP contribution is -2.33. The summed E-state index contributed by atoms with van der Waals surface area (Å²) in [5.41, 5.74) is 0. The normalized spacial score (nSPS) is 19.2. The second-order valence-corrected chi connectivity index (χ2v) is 4.72. The summed E-state index contributed by atoms with van der Waals surface area (Å²) in [6.45, 7) is 5.25. The van der Waals surface area contributed by atoms with E-state index in [0.717, 1.165) is 32.4 Å². The number of hydrogen-bond donors (Lipinski definition) is 1. The van der Waals surface area contributed by atoms with E-state index in [-0.39, 0.29) is 11.7 Å². The van der Waals surface area contributed by atoms with Gasteiger partial charge in [0.05, 0.1) is 12.7 Å². The molecule has 1 atom stereocenters. The monoisotopic (exact) mass is 243 g/mol. The molecule has 0 aromatic rings. The first-order chi connectivity index (χ1) is 8.24. The van der Waals surface area contributed by atoms with E-state index in [0.29, 0.717) is 25.7 Å². The van der Waals surface area contributed by atoms with E-state index in [1.54, 1.807) is 7.11 Å². The number of rotatable bonds is 8. The number of piperidine rings is 1. The van der Waals surface area contributed by atoms with Crippen molar-refractivity contribution in [3.05, 3.63) is 0 Å². The molecule has 0 aromatic heterocycles. The topological polar surface area (TPSA) is 47.6 Å². The molecule has 0 aliphatic carbocycles. The highest BCUT2D eigenvalue weighted by atomic mass is 16.5. The minimum Gasteiger partial charge on any atom is -0.385 e. The van der Waals surface area contributed by atoms with Crippen LogP contribution in [-0.4, -0.2) is 45.3 Å². The predicted molar refractivity (Wildman–Crippen MR) is 67.1 cm³/mol. The molecule has 1 rings (SSSR count). The zero-order valence-electron chi connectivity index (χ0n) is 11.0. The van der Waals surface area contributed by atoms with Gasteiger partial charge in [-0.1, -0.05) is 6.92 Å². The zero-order valence-corrected chi connectivity index (χ0v) is 11.0. The number of ether oxygens (including phenoxy) is 2. The second kappa shape index (κ2) is 8.61. The minimum atomic E-state index is 0.0894. The molecule has 1 fully saturated rings. The third-order valence-corrected chi connectivity index (χ3v) is 3.29. The molecule has 1 unspecified atom stereocenters. The van der Waals surface area contributed by atoms with Crippen molar-refractivity contribution in [1.29, 1.82) is 0 Å². The summed E-state index contributed by atoms with van der Waals surface area (Å²) < 4.78 is 10.7. The molecule has 100 valence electrons. The fourth-order valence-corrected chi connectivity index (χ4v) is 1.99. The third kappa shape index (κ3) is 6.15. The van der Waals surface area contributed by atoms with Crippen LogP contribution in [0.5, 0.6) is 0 Å². The van der Waals surface area contributed by atoms with E-state index in [2.05, 4.69) is 5.32 Å². The summed E-state index contributed by atoms with van der Waals surface area (Å²) in [6, 6.07) is 0. The Labute approximate surface area is 104 Å². The maximum atomic E-state index is 11.7. The summed E-state index contributed by atoms with van der Waals surface area (Å²) in [5.74, 6) is 0.377. The van der Waals surface area contributed by atoms with Crippen molar-refractivity contribution in [2.24, 2.45) is 5.92 Å². The predicted octanol–water partition coefficient (Wildman–Crippen LogP) is 1.39. The number of nitrogens with one attached hydrogen (secondary N) is 1. The molecule has 0 radical (unpaired) electrons. The molecule has 0 saturated carbocycles. The van der Waals surface area contributed by atoms with Crippen LogP contribution in [0, 0.1) is 5.92 Å². The van der Waals surface area contributed by atoms with Gasteiger partial charge in [-0.2, -0.15) is 0 Å². The fourth-order valence-electron chi connectivity index (χ4n) is 1.99. The standard InChI is InChI=1S/C13H25NO3/c1-11(5-9-16-2)13(15)6-10-17-12-3-7-14-8-4-12/h11-12,14H,3-10H2,1-2H3. The highest BCUT2D eigenvalue weighted by molar-refractivity contribution is 5.80. The van der Waals surface area contributed by atoms with Crippen LogP contribution in [0.4, 0.5) is 0 Å². The van der Waals surface area contributed by atoms with Crippen molar-refractivity contribution in [3.63, 3.8) is 0 Å².